The van der Waals surface area contributed by atoms with E-state index in [1.54, 1.807) is 13.3 Å². The summed E-state index contributed by atoms with van der Waals surface area (Å²) < 4.78 is 15.3. The van der Waals surface area contributed by atoms with E-state index < -0.39 is 0 Å². The molecule has 2 aromatic carbocycles. The molecule has 5 rings (SSSR count). The highest BCUT2D eigenvalue weighted by Crippen LogP contribution is 2.45. The molecule has 0 unspecified atom stereocenters. The van der Waals surface area contributed by atoms with Gasteiger partial charge in [0.05, 0.1) is 30.7 Å². The molecular weight excluding hydrogens is 492 g/mol. The van der Waals surface area contributed by atoms with Crippen LogP contribution in [-0.4, -0.2) is 59.1 Å². The topological polar surface area (TPSA) is 59.8 Å². The number of hydrogen-bond donors (Lipinski definition) is 0. The number of ether oxygens (including phenoxy) is 2. The van der Waals surface area contributed by atoms with Gasteiger partial charge in [0.1, 0.15) is 11.4 Å². The molecule has 0 atom stereocenters. The Hall–Kier alpha value is -2.62. The summed E-state index contributed by atoms with van der Waals surface area (Å²) in [7, 11) is 1.69. The first-order chi connectivity index (χ1) is 17.5. The number of piperazine rings is 1. The predicted octanol–water partition coefficient (Wildman–Crippen LogP) is 4.94. The quantitative estimate of drug-likeness (QED) is 0.210. The lowest BCUT2D eigenvalue weighted by Crippen LogP contribution is -2.44. The number of para-hydroxylation sites is 1. The third-order valence-electron chi connectivity index (χ3n) is 6.68. The van der Waals surface area contributed by atoms with E-state index in [1.807, 2.05) is 66.2 Å². The second kappa shape index (κ2) is 11.2. The maximum Gasteiger partial charge on any atom is 0.316 e. The van der Waals surface area contributed by atoms with E-state index >= 15 is 0 Å². The number of benzene rings is 2. The zero-order valence-electron chi connectivity index (χ0n) is 20.8. The van der Waals surface area contributed by atoms with Gasteiger partial charge in [-0.3, -0.25) is 4.79 Å². The van der Waals surface area contributed by atoms with E-state index in [0.717, 1.165) is 61.2 Å². The third-order valence-corrected chi connectivity index (χ3v) is 8.91. The first-order valence-electron chi connectivity index (χ1n) is 12.2. The standard InChI is InChI=1S/C27H32N4O3S2/c1-27(12-13-27)19-34-25-24(18-28-31(26(25)32)21-6-4-3-5-7-21)29-14-16-30(17-15-29)36-20-35-23-10-8-22(33-2)9-11-23/h3-11,18H,12-17,19-20H2,1-2H3. The van der Waals surface area contributed by atoms with E-state index in [1.165, 1.54) is 9.58 Å². The maximum atomic E-state index is 13.5. The monoisotopic (exact) mass is 524 g/mol. The molecule has 9 heteroatoms. The van der Waals surface area contributed by atoms with Gasteiger partial charge in [0, 0.05) is 36.5 Å². The van der Waals surface area contributed by atoms with Crippen LogP contribution in [0, 0.1) is 5.41 Å². The number of nitrogens with zero attached hydrogens (tertiary/aromatic N) is 4. The lowest BCUT2D eigenvalue weighted by molar-refractivity contribution is 0.243. The van der Waals surface area contributed by atoms with Crippen LogP contribution < -0.4 is 19.9 Å². The number of anilines is 1. The van der Waals surface area contributed by atoms with Crippen LogP contribution in [-0.2, 0) is 0 Å². The van der Waals surface area contributed by atoms with Crippen molar-refractivity contribution in [2.24, 2.45) is 5.41 Å². The fourth-order valence-electron chi connectivity index (χ4n) is 4.05. The number of thioether (sulfide) groups is 1. The lowest BCUT2D eigenvalue weighted by atomic mass is 10.2. The van der Waals surface area contributed by atoms with Gasteiger partial charge in [-0.15, -0.1) is 11.8 Å². The molecule has 0 radical (unpaired) electrons. The maximum absolute atomic E-state index is 13.5. The Morgan fingerprint density at radius 2 is 1.72 bits per heavy atom. The minimum absolute atomic E-state index is 0.182. The Morgan fingerprint density at radius 3 is 2.39 bits per heavy atom. The second-order valence-corrected chi connectivity index (χ2v) is 12.0. The van der Waals surface area contributed by atoms with Gasteiger partial charge >= 0.3 is 5.56 Å². The highest BCUT2D eigenvalue weighted by atomic mass is 32.2. The molecule has 0 N–H and O–H groups in total. The highest BCUT2D eigenvalue weighted by Gasteiger charge is 2.39. The van der Waals surface area contributed by atoms with Gasteiger partial charge < -0.3 is 14.4 Å². The van der Waals surface area contributed by atoms with Crippen LogP contribution in [0.15, 0.2) is 70.5 Å². The Balaban J connectivity index is 1.23. The van der Waals surface area contributed by atoms with Crippen molar-refractivity contribution in [3.8, 4) is 17.2 Å². The van der Waals surface area contributed by atoms with Crippen molar-refractivity contribution in [3.63, 3.8) is 0 Å². The number of methoxy groups -OCH3 is 1. The lowest BCUT2D eigenvalue weighted by Gasteiger charge is -2.35. The zero-order valence-corrected chi connectivity index (χ0v) is 22.4. The summed E-state index contributed by atoms with van der Waals surface area (Å²) in [6.07, 6.45) is 4.08. The average Bonchev–Trinajstić information content (AvgIpc) is 3.66. The summed E-state index contributed by atoms with van der Waals surface area (Å²) in [6.45, 7) is 6.24. The molecule has 3 aromatic rings. The minimum atomic E-state index is -0.198. The summed E-state index contributed by atoms with van der Waals surface area (Å²) in [4.78, 5) is 16.9. The summed E-state index contributed by atoms with van der Waals surface area (Å²) in [5.41, 5.74) is 1.53. The first kappa shape index (κ1) is 25.0. The minimum Gasteiger partial charge on any atom is -0.497 e. The van der Waals surface area contributed by atoms with Crippen LogP contribution in [0.1, 0.15) is 19.8 Å². The molecule has 1 saturated carbocycles. The van der Waals surface area contributed by atoms with Crippen molar-refractivity contribution in [2.75, 3.05) is 49.9 Å². The van der Waals surface area contributed by atoms with Crippen LogP contribution in [0.25, 0.3) is 5.69 Å². The van der Waals surface area contributed by atoms with E-state index in [-0.39, 0.29) is 11.0 Å². The largest absolute Gasteiger partial charge is 0.497 e. The normalized spacial score (nSPS) is 17.1. The molecule has 2 aliphatic rings. The van der Waals surface area contributed by atoms with E-state index in [2.05, 4.69) is 33.4 Å². The molecular formula is C27H32N4O3S2. The molecule has 7 nitrogen and oxygen atoms in total. The fourth-order valence-corrected chi connectivity index (χ4v) is 6.15. The molecule has 36 heavy (non-hydrogen) atoms. The van der Waals surface area contributed by atoms with Gasteiger partial charge in [0.25, 0.3) is 0 Å². The first-order valence-corrected chi connectivity index (χ1v) is 14.2. The average molecular weight is 525 g/mol. The molecule has 0 amide bonds. The van der Waals surface area contributed by atoms with E-state index in [4.69, 9.17) is 9.47 Å². The summed E-state index contributed by atoms with van der Waals surface area (Å²) in [5.74, 6) is 1.29. The SMILES string of the molecule is COc1ccc(SCSN2CCN(c3cnn(-c4ccccc4)c(=O)c3OCC3(C)CC3)CC2)cc1. The summed E-state index contributed by atoms with van der Waals surface area (Å²) >= 11 is 3.68. The van der Waals surface area contributed by atoms with Gasteiger partial charge in [-0.1, -0.05) is 37.1 Å². The molecule has 1 aliphatic heterocycles. The van der Waals surface area contributed by atoms with Gasteiger partial charge in [0.2, 0.25) is 5.75 Å². The number of rotatable bonds is 10. The molecule has 0 bridgehead atoms. The van der Waals surface area contributed by atoms with E-state index in [0.29, 0.717) is 12.4 Å². The zero-order chi connectivity index (χ0) is 25.0. The van der Waals surface area contributed by atoms with Crippen molar-refractivity contribution in [2.45, 2.75) is 24.7 Å². The van der Waals surface area contributed by atoms with Crippen LogP contribution >= 0.6 is 23.7 Å². The predicted molar refractivity (Wildman–Crippen MR) is 148 cm³/mol. The summed E-state index contributed by atoms with van der Waals surface area (Å²) in [6, 6.07) is 17.7. The molecule has 190 valence electrons. The van der Waals surface area contributed by atoms with Crippen LogP contribution in [0.5, 0.6) is 11.5 Å². The Morgan fingerprint density at radius 1 is 1.00 bits per heavy atom. The Kier molecular flexibility index (Phi) is 7.79. The van der Waals surface area contributed by atoms with Crippen LogP contribution in [0.4, 0.5) is 5.69 Å². The highest BCUT2D eigenvalue weighted by molar-refractivity contribution is 8.15. The van der Waals surface area contributed by atoms with Gasteiger partial charge in [-0.05, 0) is 49.2 Å². The van der Waals surface area contributed by atoms with Crippen molar-refractivity contribution in [1.82, 2.24) is 14.1 Å². The van der Waals surface area contributed by atoms with Crippen molar-refractivity contribution in [3.05, 3.63) is 71.1 Å². The number of hydrogen-bond acceptors (Lipinski definition) is 8. The molecule has 1 saturated heterocycles. The van der Waals surface area contributed by atoms with E-state index in [9.17, 15) is 4.79 Å². The second-order valence-electron chi connectivity index (χ2n) is 9.49. The third kappa shape index (κ3) is 6.02. The Bertz CT molecular complexity index is 1210. The number of aromatic nitrogens is 2. The van der Waals surface area contributed by atoms with Crippen LogP contribution in [0.2, 0.25) is 0 Å². The van der Waals surface area contributed by atoms with Gasteiger partial charge in [-0.25, -0.2) is 4.31 Å². The molecule has 1 aliphatic carbocycles. The smallest absolute Gasteiger partial charge is 0.316 e. The molecule has 2 fully saturated rings. The fraction of sp³-hybridized carbons (Fsp3) is 0.407. The van der Waals surface area contributed by atoms with Crippen molar-refractivity contribution < 1.29 is 9.47 Å². The van der Waals surface area contributed by atoms with Crippen molar-refractivity contribution in [1.29, 1.82) is 0 Å². The van der Waals surface area contributed by atoms with Gasteiger partial charge in [0.15, 0.2) is 0 Å². The molecule has 1 aromatic heterocycles. The molecule has 2 heterocycles. The molecule has 0 spiro atoms. The van der Waals surface area contributed by atoms with Crippen molar-refractivity contribution >= 4 is 29.4 Å². The van der Waals surface area contributed by atoms with Gasteiger partial charge in [-0.2, -0.15) is 9.78 Å². The Labute approximate surface area is 220 Å². The van der Waals surface area contributed by atoms with Crippen LogP contribution in [0.3, 0.4) is 0 Å². The summed E-state index contributed by atoms with van der Waals surface area (Å²) in [5, 5.41) is 5.46.